The summed E-state index contributed by atoms with van der Waals surface area (Å²) in [6.07, 6.45) is 2.45. The number of anilines is 1. The van der Waals surface area contributed by atoms with Crippen LogP contribution < -0.4 is 5.32 Å². The average Bonchev–Trinajstić information content (AvgIpc) is 3.18. The molecule has 0 saturated carbocycles. The molecule has 144 valence electrons. The highest BCUT2D eigenvalue weighted by Crippen LogP contribution is 2.29. The van der Waals surface area contributed by atoms with Crippen molar-refractivity contribution in [3.05, 3.63) is 34.2 Å². The average molecular weight is 386 g/mol. The van der Waals surface area contributed by atoms with E-state index in [4.69, 9.17) is 4.98 Å². The third-order valence-corrected chi connectivity index (χ3v) is 5.74. The van der Waals surface area contributed by atoms with E-state index in [1.807, 2.05) is 49.9 Å². The molecule has 1 aliphatic rings. The molecular formula is C21H27N3O2S. The van der Waals surface area contributed by atoms with E-state index in [1.54, 1.807) is 11.3 Å². The summed E-state index contributed by atoms with van der Waals surface area (Å²) in [5.41, 5.74) is 2.40. The number of aromatic nitrogens is 1. The van der Waals surface area contributed by atoms with Crippen LogP contribution in [0.1, 0.15) is 43.5 Å². The largest absolute Gasteiger partial charge is 0.342 e. The van der Waals surface area contributed by atoms with Gasteiger partial charge in [-0.15, -0.1) is 11.3 Å². The molecule has 2 aromatic rings. The molecule has 1 fully saturated rings. The van der Waals surface area contributed by atoms with Crippen LogP contribution in [0, 0.1) is 12.3 Å². The molecule has 0 spiro atoms. The van der Waals surface area contributed by atoms with Gasteiger partial charge in [0.2, 0.25) is 11.8 Å². The fraction of sp³-hybridized carbons (Fsp3) is 0.476. The van der Waals surface area contributed by atoms with E-state index in [1.165, 1.54) is 4.88 Å². The maximum Gasteiger partial charge on any atom is 0.229 e. The second-order valence-electron chi connectivity index (χ2n) is 8.03. The van der Waals surface area contributed by atoms with Crippen LogP contribution in [0.5, 0.6) is 0 Å². The zero-order valence-corrected chi connectivity index (χ0v) is 17.3. The van der Waals surface area contributed by atoms with Gasteiger partial charge in [-0.05, 0) is 25.5 Å². The van der Waals surface area contributed by atoms with Crippen molar-refractivity contribution < 1.29 is 9.59 Å². The van der Waals surface area contributed by atoms with Crippen LogP contribution in [0.2, 0.25) is 0 Å². The summed E-state index contributed by atoms with van der Waals surface area (Å²) in [5, 5.41) is 4.00. The van der Waals surface area contributed by atoms with Crippen molar-refractivity contribution in [3.63, 3.8) is 0 Å². The smallest absolute Gasteiger partial charge is 0.229 e. The maximum atomic E-state index is 12.1. The summed E-state index contributed by atoms with van der Waals surface area (Å²) in [4.78, 5) is 31.7. The summed E-state index contributed by atoms with van der Waals surface area (Å²) < 4.78 is 0. The van der Waals surface area contributed by atoms with Crippen molar-refractivity contribution in [2.75, 3.05) is 18.4 Å². The fourth-order valence-electron chi connectivity index (χ4n) is 3.03. The van der Waals surface area contributed by atoms with Crippen molar-refractivity contribution in [2.45, 2.75) is 47.0 Å². The third-order valence-electron chi connectivity index (χ3n) is 4.71. The van der Waals surface area contributed by atoms with E-state index in [2.05, 4.69) is 12.2 Å². The number of rotatable bonds is 5. The number of amides is 2. The molecule has 1 aromatic heterocycles. The first-order valence-corrected chi connectivity index (χ1v) is 10.2. The summed E-state index contributed by atoms with van der Waals surface area (Å²) >= 11 is 1.69. The Hall–Kier alpha value is -2.21. The van der Waals surface area contributed by atoms with E-state index in [-0.39, 0.29) is 11.8 Å². The number of carbonyl (C=O) groups excluding carboxylic acids is 2. The molecule has 1 aromatic carbocycles. The van der Waals surface area contributed by atoms with Gasteiger partial charge >= 0.3 is 0 Å². The molecule has 3 rings (SSSR count). The van der Waals surface area contributed by atoms with Crippen LogP contribution in [0.4, 0.5) is 5.69 Å². The summed E-state index contributed by atoms with van der Waals surface area (Å²) in [7, 11) is 0. The molecule has 0 atom stereocenters. The minimum absolute atomic E-state index is 0.00108. The molecule has 1 aliphatic heterocycles. The minimum atomic E-state index is -0.421. The second-order valence-corrected chi connectivity index (χ2v) is 9.32. The number of hydrogen-bond acceptors (Lipinski definition) is 4. The fourth-order valence-corrected chi connectivity index (χ4v) is 3.97. The van der Waals surface area contributed by atoms with Gasteiger partial charge in [0.1, 0.15) is 0 Å². The molecule has 5 nitrogen and oxygen atoms in total. The number of benzene rings is 1. The Kier molecular flexibility index (Phi) is 5.65. The summed E-state index contributed by atoms with van der Waals surface area (Å²) in [6, 6.07) is 7.82. The highest BCUT2D eigenvalue weighted by Gasteiger charge is 2.22. The lowest BCUT2D eigenvalue weighted by Gasteiger charge is -2.17. The molecule has 0 radical (unpaired) electrons. The van der Waals surface area contributed by atoms with Gasteiger partial charge in [0.05, 0.1) is 10.7 Å². The molecule has 0 unspecified atom stereocenters. The summed E-state index contributed by atoms with van der Waals surface area (Å²) in [5.74, 6) is 0.259. The first-order valence-electron chi connectivity index (χ1n) is 9.40. The Bertz CT molecular complexity index is 834. The molecule has 0 aliphatic carbocycles. The van der Waals surface area contributed by atoms with Crippen LogP contribution >= 0.6 is 11.3 Å². The van der Waals surface area contributed by atoms with Gasteiger partial charge in [0.15, 0.2) is 0 Å². The zero-order valence-electron chi connectivity index (χ0n) is 16.5. The van der Waals surface area contributed by atoms with Crippen molar-refractivity contribution in [3.8, 4) is 11.3 Å². The molecule has 6 heteroatoms. The molecule has 27 heavy (non-hydrogen) atoms. The van der Waals surface area contributed by atoms with Gasteiger partial charge in [-0.25, -0.2) is 4.98 Å². The SMILES string of the molecule is Cc1sc(CCN2CCCC2=O)nc1-c1ccc(NC(=O)C(C)(C)C)cc1. The van der Waals surface area contributed by atoms with Crippen molar-refractivity contribution >= 4 is 28.8 Å². The number of thiazole rings is 1. The maximum absolute atomic E-state index is 12.1. The van der Waals surface area contributed by atoms with Gasteiger partial charge in [-0.1, -0.05) is 32.9 Å². The molecular weight excluding hydrogens is 358 g/mol. The summed E-state index contributed by atoms with van der Waals surface area (Å²) in [6.45, 7) is 9.39. The number of carbonyl (C=O) groups is 2. The van der Waals surface area contributed by atoms with Gasteiger partial charge < -0.3 is 10.2 Å². The predicted octanol–water partition coefficient (Wildman–Crippen LogP) is 4.27. The van der Waals surface area contributed by atoms with Crippen LogP contribution in [0.15, 0.2) is 24.3 Å². The zero-order chi connectivity index (χ0) is 19.6. The van der Waals surface area contributed by atoms with Gasteiger partial charge in [0.25, 0.3) is 0 Å². The Morgan fingerprint density at radius 3 is 2.56 bits per heavy atom. The Morgan fingerprint density at radius 1 is 1.26 bits per heavy atom. The predicted molar refractivity (Wildman–Crippen MR) is 110 cm³/mol. The number of nitrogens with one attached hydrogen (secondary N) is 1. The van der Waals surface area contributed by atoms with Crippen molar-refractivity contribution in [1.82, 2.24) is 9.88 Å². The highest BCUT2D eigenvalue weighted by molar-refractivity contribution is 7.12. The standard InChI is InChI=1S/C21H27N3O2S/c1-14-19(23-17(27-14)11-13-24-12-5-6-18(24)25)15-7-9-16(10-8-15)22-20(26)21(2,3)4/h7-10H,5-6,11-13H2,1-4H3,(H,22,26). The first-order chi connectivity index (χ1) is 12.7. The Morgan fingerprint density at radius 2 is 1.96 bits per heavy atom. The van der Waals surface area contributed by atoms with E-state index in [0.29, 0.717) is 6.42 Å². The number of likely N-dealkylation sites (tertiary alicyclic amines) is 1. The number of aryl methyl sites for hydroxylation is 1. The van der Waals surface area contributed by atoms with Crippen molar-refractivity contribution in [2.24, 2.45) is 5.41 Å². The van der Waals surface area contributed by atoms with Crippen molar-refractivity contribution in [1.29, 1.82) is 0 Å². The molecule has 0 bridgehead atoms. The van der Waals surface area contributed by atoms with E-state index in [9.17, 15) is 9.59 Å². The minimum Gasteiger partial charge on any atom is -0.342 e. The van der Waals surface area contributed by atoms with E-state index in [0.717, 1.165) is 47.9 Å². The molecule has 1 N–H and O–H groups in total. The van der Waals surface area contributed by atoms with Crippen LogP contribution in [-0.2, 0) is 16.0 Å². The number of nitrogens with zero attached hydrogens (tertiary/aromatic N) is 2. The lowest BCUT2D eigenvalue weighted by molar-refractivity contribution is -0.127. The lowest BCUT2D eigenvalue weighted by atomic mass is 9.95. The Balaban J connectivity index is 1.66. The first kappa shape index (κ1) is 19.5. The van der Waals surface area contributed by atoms with E-state index < -0.39 is 5.41 Å². The molecule has 2 heterocycles. The quantitative estimate of drug-likeness (QED) is 0.836. The topological polar surface area (TPSA) is 62.3 Å². The van der Waals surface area contributed by atoms with Gasteiger partial charge in [-0.3, -0.25) is 9.59 Å². The van der Waals surface area contributed by atoms with Gasteiger partial charge in [-0.2, -0.15) is 0 Å². The van der Waals surface area contributed by atoms with Gasteiger partial charge in [0, 0.05) is 47.5 Å². The second kappa shape index (κ2) is 7.80. The monoisotopic (exact) mass is 385 g/mol. The number of hydrogen-bond donors (Lipinski definition) is 1. The normalized spacial score (nSPS) is 14.7. The lowest BCUT2D eigenvalue weighted by Crippen LogP contribution is -2.27. The van der Waals surface area contributed by atoms with E-state index >= 15 is 0 Å². The molecule has 1 saturated heterocycles. The molecule has 2 amide bonds. The Labute approximate surface area is 164 Å². The van der Waals surface area contributed by atoms with Crippen LogP contribution in [0.25, 0.3) is 11.3 Å². The highest BCUT2D eigenvalue weighted by atomic mass is 32.1. The van der Waals surface area contributed by atoms with Crippen LogP contribution in [-0.4, -0.2) is 34.8 Å². The van der Waals surface area contributed by atoms with Crippen LogP contribution in [0.3, 0.4) is 0 Å². The third kappa shape index (κ3) is 4.75.